The smallest absolute Gasteiger partial charge is 0.223 e. The van der Waals surface area contributed by atoms with Crippen LogP contribution in [-0.4, -0.2) is 24.0 Å². The van der Waals surface area contributed by atoms with Crippen molar-refractivity contribution in [3.05, 3.63) is 36.0 Å². The first kappa shape index (κ1) is 14.1. The fourth-order valence-electron chi connectivity index (χ4n) is 3.02. The average Bonchev–Trinajstić information content (AvgIpc) is 3.08. The summed E-state index contributed by atoms with van der Waals surface area (Å²) in [6.45, 7) is 2.79. The molecule has 2 aliphatic rings. The van der Waals surface area contributed by atoms with Crippen molar-refractivity contribution in [1.82, 2.24) is 10.3 Å². The Labute approximate surface area is 126 Å². The van der Waals surface area contributed by atoms with Crippen LogP contribution in [0.3, 0.4) is 0 Å². The molecule has 1 aromatic rings. The predicted octanol–water partition coefficient (Wildman–Crippen LogP) is 2.65. The maximum Gasteiger partial charge on any atom is 0.223 e. The van der Waals surface area contributed by atoms with Crippen molar-refractivity contribution >= 4 is 11.7 Å². The summed E-state index contributed by atoms with van der Waals surface area (Å²) in [4.78, 5) is 18.9. The Hall–Kier alpha value is -1.84. The second-order valence-corrected chi connectivity index (χ2v) is 5.92. The van der Waals surface area contributed by atoms with Gasteiger partial charge in [0.25, 0.3) is 0 Å². The SMILES string of the molecule is O=C(NCc1ccc(N2CCCC2)nc1)[C@H]1CC=CCC1. The first-order valence-electron chi connectivity index (χ1n) is 7.95. The van der Waals surface area contributed by atoms with Crippen LogP contribution in [-0.2, 0) is 11.3 Å². The molecule has 1 fully saturated rings. The fraction of sp³-hybridized carbons (Fsp3) is 0.529. The van der Waals surface area contributed by atoms with E-state index in [0.717, 1.165) is 43.7 Å². The molecule has 0 spiro atoms. The summed E-state index contributed by atoms with van der Waals surface area (Å²) in [5.74, 6) is 1.37. The van der Waals surface area contributed by atoms with Crippen molar-refractivity contribution in [2.75, 3.05) is 18.0 Å². The minimum atomic E-state index is 0.145. The number of aromatic nitrogens is 1. The van der Waals surface area contributed by atoms with Crippen molar-refractivity contribution < 1.29 is 4.79 Å². The highest BCUT2D eigenvalue weighted by atomic mass is 16.1. The zero-order valence-corrected chi connectivity index (χ0v) is 12.4. The summed E-state index contributed by atoms with van der Waals surface area (Å²) >= 11 is 0. The molecule has 1 amide bonds. The number of pyridine rings is 1. The van der Waals surface area contributed by atoms with Crippen LogP contribution in [0.1, 0.15) is 37.7 Å². The number of hydrogen-bond donors (Lipinski definition) is 1. The lowest BCUT2D eigenvalue weighted by Crippen LogP contribution is -2.30. The molecule has 3 rings (SSSR count). The van der Waals surface area contributed by atoms with E-state index < -0.39 is 0 Å². The molecule has 1 saturated heterocycles. The topological polar surface area (TPSA) is 45.2 Å². The van der Waals surface area contributed by atoms with Gasteiger partial charge in [-0.2, -0.15) is 0 Å². The van der Waals surface area contributed by atoms with Gasteiger partial charge in [-0.3, -0.25) is 4.79 Å². The number of carbonyl (C=O) groups is 1. The van der Waals surface area contributed by atoms with E-state index in [-0.39, 0.29) is 11.8 Å². The van der Waals surface area contributed by atoms with Gasteiger partial charge in [0.15, 0.2) is 0 Å². The van der Waals surface area contributed by atoms with E-state index in [4.69, 9.17) is 0 Å². The van der Waals surface area contributed by atoms with E-state index >= 15 is 0 Å². The van der Waals surface area contributed by atoms with Crippen LogP contribution in [0.4, 0.5) is 5.82 Å². The van der Waals surface area contributed by atoms with Gasteiger partial charge in [-0.1, -0.05) is 18.2 Å². The predicted molar refractivity (Wildman–Crippen MR) is 84.0 cm³/mol. The molecule has 4 nitrogen and oxygen atoms in total. The van der Waals surface area contributed by atoms with Gasteiger partial charge in [-0.15, -0.1) is 0 Å². The van der Waals surface area contributed by atoms with E-state index in [0.29, 0.717) is 6.54 Å². The summed E-state index contributed by atoms with van der Waals surface area (Å²) in [6.07, 6.45) is 11.5. The van der Waals surface area contributed by atoms with E-state index in [1.807, 2.05) is 6.20 Å². The molecule has 1 N–H and O–H groups in total. The summed E-state index contributed by atoms with van der Waals surface area (Å²) in [6, 6.07) is 4.14. The third-order valence-electron chi connectivity index (χ3n) is 4.35. The number of anilines is 1. The van der Waals surface area contributed by atoms with Crippen LogP contribution in [0.25, 0.3) is 0 Å². The zero-order valence-electron chi connectivity index (χ0n) is 12.4. The van der Waals surface area contributed by atoms with Gasteiger partial charge in [0.05, 0.1) is 0 Å². The maximum atomic E-state index is 12.1. The van der Waals surface area contributed by atoms with Crippen molar-refractivity contribution in [3.63, 3.8) is 0 Å². The number of allylic oxidation sites excluding steroid dienone is 2. The highest BCUT2D eigenvalue weighted by Gasteiger charge is 2.18. The zero-order chi connectivity index (χ0) is 14.5. The average molecular weight is 285 g/mol. The molecule has 0 bridgehead atoms. The third-order valence-corrected chi connectivity index (χ3v) is 4.35. The van der Waals surface area contributed by atoms with E-state index in [1.165, 1.54) is 12.8 Å². The number of nitrogens with one attached hydrogen (secondary N) is 1. The molecule has 1 aromatic heterocycles. The van der Waals surface area contributed by atoms with Crippen LogP contribution < -0.4 is 10.2 Å². The highest BCUT2D eigenvalue weighted by molar-refractivity contribution is 5.78. The monoisotopic (exact) mass is 285 g/mol. The molecular weight excluding hydrogens is 262 g/mol. The van der Waals surface area contributed by atoms with Crippen LogP contribution in [0, 0.1) is 5.92 Å². The second kappa shape index (κ2) is 6.74. The van der Waals surface area contributed by atoms with E-state index in [1.54, 1.807) is 0 Å². The first-order valence-corrected chi connectivity index (χ1v) is 7.95. The minimum absolute atomic E-state index is 0.145. The van der Waals surface area contributed by atoms with Crippen molar-refractivity contribution in [3.8, 4) is 0 Å². The Bertz CT molecular complexity index is 503. The van der Waals surface area contributed by atoms with Gasteiger partial charge in [-0.05, 0) is 43.7 Å². The lowest BCUT2D eigenvalue weighted by Gasteiger charge is -2.18. The van der Waals surface area contributed by atoms with Gasteiger partial charge >= 0.3 is 0 Å². The van der Waals surface area contributed by atoms with Crippen LogP contribution in [0.5, 0.6) is 0 Å². The number of rotatable bonds is 4. The van der Waals surface area contributed by atoms with E-state index in [9.17, 15) is 4.79 Å². The molecule has 1 aliphatic carbocycles. The molecule has 1 aliphatic heterocycles. The highest BCUT2D eigenvalue weighted by Crippen LogP contribution is 2.19. The summed E-state index contributed by atoms with van der Waals surface area (Å²) in [5.41, 5.74) is 1.07. The Morgan fingerprint density at radius 2 is 2.14 bits per heavy atom. The lowest BCUT2D eigenvalue weighted by atomic mass is 9.93. The van der Waals surface area contributed by atoms with Gasteiger partial charge in [-0.25, -0.2) is 4.98 Å². The lowest BCUT2D eigenvalue weighted by molar-refractivity contribution is -0.125. The quantitative estimate of drug-likeness (QED) is 0.865. The maximum absolute atomic E-state index is 12.1. The van der Waals surface area contributed by atoms with Crippen LogP contribution >= 0.6 is 0 Å². The summed E-state index contributed by atoms with van der Waals surface area (Å²) in [7, 11) is 0. The minimum Gasteiger partial charge on any atom is -0.357 e. The number of nitrogens with zero attached hydrogens (tertiary/aromatic N) is 2. The number of carbonyl (C=O) groups excluding carboxylic acids is 1. The van der Waals surface area contributed by atoms with E-state index in [2.05, 4.69) is 39.5 Å². The Balaban J connectivity index is 1.50. The third kappa shape index (κ3) is 3.63. The largest absolute Gasteiger partial charge is 0.357 e. The standard InChI is InChI=1S/C17H23N3O/c21-17(15-6-2-1-3-7-15)19-13-14-8-9-16(18-12-14)20-10-4-5-11-20/h1-2,8-9,12,15H,3-7,10-11,13H2,(H,19,21)/t15-/m0/s1. The Kier molecular flexibility index (Phi) is 4.53. The molecule has 4 heteroatoms. The second-order valence-electron chi connectivity index (χ2n) is 5.92. The Morgan fingerprint density at radius 3 is 2.81 bits per heavy atom. The van der Waals surface area contributed by atoms with Gasteiger partial charge in [0.2, 0.25) is 5.91 Å². The molecule has 1 atom stereocenters. The van der Waals surface area contributed by atoms with Gasteiger partial charge in [0, 0.05) is 31.7 Å². The fourth-order valence-corrected chi connectivity index (χ4v) is 3.02. The molecule has 0 unspecified atom stereocenters. The first-order chi connectivity index (χ1) is 10.3. The van der Waals surface area contributed by atoms with Crippen molar-refractivity contribution in [2.24, 2.45) is 5.92 Å². The van der Waals surface area contributed by atoms with Gasteiger partial charge < -0.3 is 10.2 Å². The molecule has 0 radical (unpaired) electrons. The summed E-state index contributed by atoms with van der Waals surface area (Å²) in [5, 5.41) is 3.03. The number of amides is 1. The molecule has 0 aromatic carbocycles. The van der Waals surface area contributed by atoms with Crippen LogP contribution in [0.15, 0.2) is 30.5 Å². The van der Waals surface area contributed by atoms with Crippen molar-refractivity contribution in [1.29, 1.82) is 0 Å². The molecule has 0 saturated carbocycles. The molecule has 2 heterocycles. The summed E-state index contributed by atoms with van der Waals surface area (Å²) < 4.78 is 0. The number of hydrogen-bond acceptors (Lipinski definition) is 3. The van der Waals surface area contributed by atoms with Gasteiger partial charge in [0.1, 0.15) is 5.82 Å². The Morgan fingerprint density at radius 1 is 1.29 bits per heavy atom. The molecular formula is C17H23N3O. The normalized spacial score (nSPS) is 21.5. The van der Waals surface area contributed by atoms with Crippen LogP contribution in [0.2, 0.25) is 0 Å². The van der Waals surface area contributed by atoms with Crippen molar-refractivity contribution in [2.45, 2.75) is 38.6 Å². The molecule has 21 heavy (non-hydrogen) atoms. The molecule has 112 valence electrons.